The Morgan fingerprint density at radius 2 is 1.93 bits per heavy atom. The molecule has 2 aliphatic rings. The third kappa shape index (κ3) is 3.85. The van der Waals surface area contributed by atoms with Gasteiger partial charge in [-0.1, -0.05) is 5.16 Å². The minimum Gasteiger partial charge on any atom is -0.442 e. The average molecular weight is 394 g/mol. The lowest BCUT2D eigenvalue weighted by Gasteiger charge is -2.24. The first-order valence-corrected chi connectivity index (χ1v) is 8.94. The molecule has 1 aromatic heterocycles. The van der Waals surface area contributed by atoms with Crippen molar-refractivity contribution in [1.82, 2.24) is 16.0 Å². The van der Waals surface area contributed by atoms with Crippen LogP contribution in [-0.4, -0.2) is 56.6 Å². The first-order chi connectivity index (χ1) is 13.6. The monoisotopic (exact) mass is 394 g/mol. The first-order valence-electron chi connectivity index (χ1n) is 8.94. The highest BCUT2D eigenvalue weighted by Gasteiger charge is 2.33. The smallest absolute Gasteiger partial charge is 0.414 e. The minimum absolute atomic E-state index is 0.0916. The summed E-state index contributed by atoms with van der Waals surface area (Å²) in [6, 6.07) is 3.96. The summed E-state index contributed by atoms with van der Waals surface area (Å²) in [7, 11) is 0. The second kappa shape index (κ2) is 7.98. The molecule has 0 bridgehead atoms. The number of aromatic nitrogens is 1. The maximum atomic E-state index is 14.7. The summed E-state index contributed by atoms with van der Waals surface area (Å²) in [5.41, 5.74) is 5.94. The largest absolute Gasteiger partial charge is 0.442 e. The minimum atomic E-state index is -0.714. The number of hydrogen-bond donors (Lipinski definition) is 3. The van der Waals surface area contributed by atoms with E-state index in [0.29, 0.717) is 38.5 Å². The molecule has 3 heterocycles. The van der Waals surface area contributed by atoms with Crippen LogP contribution in [0, 0.1) is 11.6 Å². The maximum Gasteiger partial charge on any atom is 0.414 e. The zero-order valence-electron chi connectivity index (χ0n) is 15.0. The molecule has 11 heteroatoms. The zero-order chi connectivity index (χ0) is 19.5. The van der Waals surface area contributed by atoms with Crippen LogP contribution in [0.15, 0.2) is 29.0 Å². The number of anilines is 3. The van der Waals surface area contributed by atoms with Crippen molar-refractivity contribution in [2.75, 3.05) is 54.4 Å². The van der Waals surface area contributed by atoms with Crippen molar-refractivity contribution in [1.29, 1.82) is 0 Å². The molecular weight excluding hydrogens is 374 g/mol. The Morgan fingerprint density at radius 1 is 1.21 bits per heavy atom. The molecule has 1 amide bonds. The molecule has 2 aliphatic heterocycles. The van der Waals surface area contributed by atoms with Gasteiger partial charge in [0.1, 0.15) is 18.1 Å². The number of carbonyl (C=O) groups is 1. The van der Waals surface area contributed by atoms with Gasteiger partial charge in [-0.2, -0.15) is 0 Å². The normalized spacial score (nSPS) is 20.2. The lowest BCUT2D eigenvalue weighted by molar-refractivity contribution is 0.147. The Kier molecular flexibility index (Phi) is 5.26. The highest BCUT2D eigenvalue weighted by molar-refractivity contribution is 5.90. The van der Waals surface area contributed by atoms with E-state index in [2.05, 4.69) is 21.3 Å². The number of halogens is 2. The number of nitrogens with one attached hydrogen (secondary N) is 3. The SMILES string of the molecule is O=C1O[C@@H](CNc2ccon2)CN1c1cc(F)c(N2CCNNCC2)c(F)c1. The van der Waals surface area contributed by atoms with Crippen molar-refractivity contribution in [3.63, 3.8) is 0 Å². The van der Waals surface area contributed by atoms with Gasteiger partial charge in [-0.25, -0.2) is 13.6 Å². The fourth-order valence-corrected chi connectivity index (χ4v) is 3.26. The van der Waals surface area contributed by atoms with E-state index in [0.717, 1.165) is 0 Å². The van der Waals surface area contributed by atoms with E-state index in [1.54, 1.807) is 11.0 Å². The number of amides is 1. The zero-order valence-corrected chi connectivity index (χ0v) is 15.0. The van der Waals surface area contributed by atoms with Crippen molar-refractivity contribution in [2.24, 2.45) is 0 Å². The fraction of sp³-hybridized carbons (Fsp3) is 0.412. The third-order valence-corrected chi connectivity index (χ3v) is 4.59. The van der Waals surface area contributed by atoms with E-state index in [1.165, 1.54) is 23.3 Å². The van der Waals surface area contributed by atoms with E-state index < -0.39 is 23.8 Å². The molecule has 3 N–H and O–H groups in total. The summed E-state index contributed by atoms with van der Waals surface area (Å²) in [6.07, 6.45) is 0.276. The predicted molar refractivity (Wildman–Crippen MR) is 97.2 cm³/mol. The quantitative estimate of drug-likeness (QED) is 0.699. The van der Waals surface area contributed by atoms with Gasteiger partial charge < -0.3 is 19.5 Å². The molecular formula is C17H20F2N6O3. The Labute approximate surface area is 159 Å². The Bertz CT molecular complexity index is 803. The van der Waals surface area contributed by atoms with Gasteiger partial charge in [0.2, 0.25) is 0 Å². The van der Waals surface area contributed by atoms with Crippen LogP contribution in [0.5, 0.6) is 0 Å². The van der Waals surface area contributed by atoms with Crippen molar-refractivity contribution in [3.8, 4) is 0 Å². The van der Waals surface area contributed by atoms with Crippen LogP contribution >= 0.6 is 0 Å². The number of rotatable bonds is 5. The van der Waals surface area contributed by atoms with Gasteiger partial charge >= 0.3 is 6.09 Å². The van der Waals surface area contributed by atoms with E-state index in [9.17, 15) is 13.6 Å². The predicted octanol–water partition coefficient (Wildman–Crippen LogP) is 1.30. The summed E-state index contributed by atoms with van der Waals surface area (Å²) < 4.78 is 39.4. The Balaban J connectivity index is 1.47. The van der Waals surface area contributed by atoms with Crippen LogP contribution in [0.2, 0.25) is 0 Å². The topological polar surface area (TPSA) is 94.9 Å². The number of ether oxygens (including phenoxy) is 1. The molecule has 150 valence electrons. The summed E-state index contributed by atoms with van der Waals surface area (Å²) in [6.45, 7) is 2.49. The molecule has 2 fully saturated rings. The van der Waals surface area contributed by atoms with E-state index in [4.69, 9.17) is 9.26 Å². The summed E-state index contributed by atoms with van der Waals surface area (Å²) >= 11 is 0. The highest BCUT2D eigenvalue weighted by atomic mass is 19.1. The van der Waals surface area contributed by atoms with Gasteiger partial charge in [-0.15, -0.1) is 0 Å². The van der Waals surface area contributed by atoms with Crippen LogP contribution < -0.4 is 26.0 Å². The second-order valence-corrected chi connectivity index (χ2v) is 6.48. The van der Waals surface area contributed by atoms with Crippen LogP contribution in [0.4, 0.5) is 30.8 Å². The summed E-state index contributed by atoms with van der Waals surface area (Å²) in [4.78, 5) is 15.0. The van der Waals surface area contributed by atoms with E-state index in [1.807, 2.05) is 0 Å². The number of nitrogens with zero attached hydrogens (tertiary/aromatic N) is 3. The van der Waals surface area contributed by atoms with Crippen molar-refractivity contribution >= 4 is 23.3 Å². The van der Waals surface area contributed by atoms with E-state index in [-0.39, 0.29) is 17.9 Å². The molecule has 0 radical (unpaired) electrons. The van der Waals surface area contributed by atoms with Crippen LogP contribution in [0.1, 0.15) is 0 Å². The fourth-order valence-electron chi connectivity index (χ4n) is 3.26. The first kappa shape index (κ1) is 18.4. The molecule has 4 rings (SSSR count). The molecule has 0 saturated carbocycles. The van der Waals surface area contributed by atoms with Crippen LogP contribution in [-0.2, 0) is 4.74 Å². The molecule has 1 aromatic carbocycles. The lowest BCUT2D eigenvalue weighted by atomic mass is 10.2. The highest BCUT2D eigenvalue weighted by Crippen LogP contribution is 2.31. The van der Waals surface area contributed by atoms with Crippen molar-refractivity contribution in [3.05, 3.63) is 36.1 Å². The standard InChI is InChI=1S/C17H20F2N6O3/c18-13-7-11(8-14(19)16(13)24-4-2-21-22-3-5-24)25-10-12(28-17(25)26)9-20-15-1-6-27-23-15/h1,6-8,12,21-22H,2-5,9-10H2,(H,20,23)/t12-/m0/s1. The Hall–Kier alpha value is -2.92. The molecule has 0 unspecified atom stereocenters. The van der Waals surface area contributed by atoms with Crippen molar-refractivity contribution in [2.45, 2.75) is 6.10 Å². The molecule has 0 aliphatic carbocycles. The maximum absolute atomic E-state index is 14.7. The van der Waals surface area contributed by atoms with Gasteiger partial charge in [-0.3, -0.25) is 15.8 Å². The third-order valence-electron chi connectivity index (χ3n) is 4.59. The average Bonchev–Trinajstić information content (AvgIpc) is 3.23. The number of hydrazine groups is 1. The van der Waals surface area contributed by atoms with Crippen LogP contribution in [0.25, 0.3) is 0 Å². The van der Waals surface area contributed by atoms with Crippen molar-refractivity contribution < 1.29 is 22.8 Å². The second-order valence-electron chi connectivity index (χ2n) is 6.48. The Morgan fingerprint density at radius 3 is 2.57 bits per heavy atom. The van der Waals surface area contributed by atoms with Crippen LogP contribution in [0.3, 0.4) is 0 Å². The summed E-state index contributed by atoms with van der Waals surface area (Å²) in [5.74, 6) is -0.917. The van der Waals surface area contributed by atoms with Gasteiger partial charge in [0.15, 0.2) is 17.5 Å². The number of cyclic esters (lactones) is 1. The van der Waals surface area contributed by atoms with Gasteiger partial charge in [0.25, 0.3) is 0 Å². The number of carbonyl (C=O) groups excluding carboxylic acids is 1. The van der Waals surface area contributed by atoms with Gasteiger partial charge in [0.05, 0.1) is 18.8 Å². The molecule has 0 spiro atoms. The van der Waals surface area contributed by atoms with E-state index >= 15 is 0 Å². The molecule has 2 saturated heterocycles. The molecule has 28 heavy (non-hydrogen) atoms. The molecule has 9 nitrogen and oxygen atoms in total. The summed E-state index contributed by atoms with van der Waals surface area (Å²) in [5, 5.41) is 6.67. The van der Waals surface area contributed by atoms with Gasteiger partial charge in [0, 0.05) is 44.4 Å². The number of hydrogen-bond acceptors (Lipinski definition) is 8. The lowest BCUT2D eigenvalue weighted by Crippen LogP contribution is -2.32. The number of benzene rings is 1. The molecule has 2 aromatic rings. The molecule has 1 atom stereocenters. The van der Waals surface area contributed by atoms with Gasteiger partial charge in [-0.05, 0) is 0 Å².